The minimum Gasteiger partial charge on any atom is -0.493 e. The lowest BCUT2D eigenvalue weighted by atomic mass is 9.73. The predicted octanol–water partition coefficient (Wildman–Crippen LogP) is 2.68. The minimum atomic E-state index is -1.03. The second-order valence-corrected chi connectivity index (χ2v) is 6.13. The second kappa shape index (κ2) is 7.02. The number of Topliss-reactive ketones (excluding diaryl/α,β-unsaturated/α-hetero) is 1. The smallest absolute Gasteiger partial charge is 0.234 e. The van der Waals surface area contributed by atoms with E-state index in [1.165, 1.54) is 6.92 Å². The number of methoxy groups -OCH3 is 1. The van der Waals surface area contributed by atoms with Crippen molar-refractivity contribution in [1.29, 1.82) is 0 Å². The maximum Gasteiger partial charge on any atom is 0.234 e. The van der Waals surface area contributed by atoms with Crippen LogP contribution in [-0.2, 0) is 9.59 Å². The number of ether oxygens (including phenoxy) is 2. The molecule has 1 aliphatic heterocycles. The quantitative estimate of drug-likeness (QED) is 0.620. The van der Waals surface area contributed by atoms with Gasteiger partial charge in [0.05, 0.1) is 13.7 Å². The first-order chi connectivity index (χ1) is 10.9. The Morgan fingerprint density at radius 3 is 2.74 bits per heavy atom. The third-order valence-corrected chi connectivity index (χ3v) is 4.71. The fraction of sp³-hybridized carbons (Fsp3) is 0.556. The Bertz CT molecular complexity index is 599. The summed E-state index contributed by atoms with van der Waals surface area (Å²) in [7, 11) is 1.60. The zero-order valence-electron chi connectivity index (χ0n) is 14.3. The van der Waals surface area contributed by atoms with Gasteiger partial charge in [-0.1, -0.05) is 19.4 Å². The van der Waals surface area contributed by atoms with Crippen molar-refractivity contribution in [1.82, 2.24) is 5.32 Å². The van der Waals surface area contributed by atoms with Gasteiger partial charge in [-0.3, -0.25) is 9.59 Å². The van der Waals surface area contributed by atoms with E-state index in [1.54, 1.807) is 14.0 Å². The van der Waals surface area contributed by atoms with Crippen molar-refractivity contribution in [2.24, 2.45) is 5.41 Å². The molecule has 0 unspecified atom stereocenters. The summed E-state index contributed by atoms with van der Waals surface area (Å²) >= 11 is 0. The summed E-state index contributed by atoms with van der Waals surface area (Å²) in [5.74, 6) is 0.781. The molecule has 1 heterocycles. The Kier molecular flexibility index (Phi) is 5.29. The van der Waals surface area contributed by atoms with Gasteiger partial charge in [0.25, 0.3) is 0 Å². The lowest BCUT2D eigenvalue weighted by molar-refractivity contribution is -0.137. The number of rotatable bonds is 7. The number of carbonyl (C=O) groups excluding carboxylic acids is 2. The molecular weight excluding hydrogens is 294 g/mol. The summed E-state index contributed by atoms with van der Waals surface area (Å²) < 4.78 is 11.1. The van der Waals surface area contributed by atoms with E-state index in [4.69, 9.17) is 9.47 Å². The number of hydrogen-bond acceptors (Lipinski definition) is 4. The second-order valence-electron chi connectivity index (χ2n) is 6.13. The molecule has 1 amide bonds. The number of unbranched alkanes of at least 4 members (excludes halogenated alkanes) is 1. The number of benzene rings is 1. The molecule has 5 nitrogen and oxygen atoms in total. The zero-order chi connectivity index (χ0) is 17.0. The standard InChI is InChI=1S/C18H25NO4/c1-5-6-9-23-16-10-13(7-8-15(16)22-4)14-11-19-17(21)18(14,3)12(2)20/h7-8,10,14H,5-6,9,11H2,1-4H3,(H,19,21)/t14-,18-/m0/s1. The van der Waals surface area contributed by atoms with Crippen LogP contribution in [0.1, 0.15) is 45.1 Å². The van der Waals surface area contributed by atoms with Gasteiger partial charge in [0, 0.05) is 12.5 Å². The van der Waals surface area contributed by atoms with E-state index < -0.39 is 5.41 Å². The normalized spacial score (nSPS) is 23.5. The first-order valence-corrected chi connectivity index (χ1v) is 8.05. The molecular formula is C18H25NO4. The maximum atomic E-state index is 12.2. The molecule has 0 aliphatic carbocycles. The lowest BCUT2D eigenvalue weighted by Gasteiger charge is -2.26. The number of carbonyl (C=O) groups is 2. The molecule has 23 heavy (non-hydrogen) atoms. The first kappa shape index (κ1) is 17.3. The van der Waals surface area contributed by atoms with E-state index >= 15 is 0 Å². The molecule has 2 rings (SSSR count). The highest BCUT2D eigenvalue weighted by Crippen LogP contribution is 2.43. The number of nitrogens with one attached hydrogen (secondary N) is 1. The van der Waals surface area contributed by atoms with Crippen LogP contribution in [0, 0.1) is 5.41 Å². The van der Waals surface area contributed by atoms with E-state index in [1.807, 2.05) is 18.2 Å². The van der Waals surface area contributed by atoms with Gasteiger partial charge in [0.2, 0.25) is 5.91 Å². The van der Waals surface area contributed by atoms with Crippen LogP contribution in [-0.4, -0.2) is 32.0 Å². The minimum absolute atomic E-state index is 0.123. The molecule has 1 aromatic rings. The van der Waals surface area contributed by atoms with Crippen LogP contribution in [0.15, 0.2) is 18.2 Å². The van der Waals surface area contributed by atoms with Gasteiger partial charge in [-0.15, -0.1) is 0 Å². The molecule has 1 aromatic carbocycles. The summed E-state index contributed by atoms with van der Waals surface area (Å²) in [6.07, 6.45) is 2.01. The fourth-order valence-electron chi connectivity index (χ4n) is 2.95. The van der Waals surface area contributed by atoms with Crippen LogP contribution in [0.2, 0.25) is 0 Å². The van der Waals surface area contributed by atoms with Crippen molar-refractivity contribution in [3.05, 3.63) is 23.8 Å². The van der Waals surface area contributed by atoms with Gasteiger partial charge in [0.15, 0.2) is 11.5 Å². The van der Waals surface area contributed by atoms with Gasteiger partial charge in [-0.05, 0) is 38.0 Å². The summed E-state index contributed by atoms with van der Waals surface area (Å²) in [6, 6.07) is 5.62. The molecule has 1 aliphatic rings. The van der Waals surface area contributed by atoms with Crippen molar-refractivity contribution < 1.29 is 19.1 Å². The van der Waals surface area contributed by atoms with Gasteiger partial charge < -0.3 is 14.8 Å². The molecule has 2 atom stereocenters. The molecule has 0 radical (unpaired) electrons. The molecule has 0 bridgehead atoms. The summed E-state index contributed by atoms with van der Waals surface area (Å²) in [5, 5.41) is 2.81. The van der Waals surface area contributed by atoms with Crippen LogP contribution in [0.5, 0.6) is 11.5 Å². The molecule has 1 N–H and O–H groups in total. The molecule has 1 fully saturated rings. The average molecular weight is 319 g/mol. The third kappa shape index (κ3) is 3.19. The van der Waals surface area contributed by atoms with Crippen LogP contribution >= 0.6 is 0 Å². The summed E-state index contributed by atoms with van der Waals surface area (Å²) in [5.41, 5.74) is -0.122. The Morgan fingerprint density at radius 2 is 2.13 bits per heavy atom. The fourth-order valence-corrected chi connectivity index (χ4v) is 2.95. The van der Waals surface area contributed by atoms with E-state index in [-0.39, 0.29) is 17.6 Å². The Balaban J connectivity index is 2.34. The predicted molar refractivity (Wildman–Crippen MR) is 87.9 cm³/mol. The topological polar surface area (TPSA) is 64.6 Å². The van der Waals surface area contributed by atoms with Crippen molar-refractivity contribution in [3.8, 4) is 11.5 Å². The molecule has 1 saturated heterocycles. The van der Waals surface area contributed by atoms with Crippen LogP contribution in [0.3, 0.4) is 0 Å². The van der Waals surface area contributed by atoms with Crippen molar-refractivity contribution in [2.75, 3.05) is 20.3 Å². The number of amides is 1. The van der Waals surface area contributed by atoms with Gasteiger partial charge in [-0.25, -0.2) is 0 Å². The number of hydrogen-bond donors (Lipinski definition) is 1. The number of ketones is 1. The highest BCUT2D eigenvalue weighted by Gasteiger charge is 2.50. The Labute approximate surface area is 137 Å². The zero-order valence-corrected chi connectivity index (χ0v) is 14.3. The van der Waals surface area contributed by atoms with Crippen molar-refractivity contribution in [3.63, 3.8) is 0 Å². The van der Waals surface area contributed by atoms with E-state index in [0.29, 0.717) is 24.7 Å². The van der Waals surface area contributed by atoms with E-state index in [9.17, 15) is 9.59 Å². The van der Waals surface area contributed by atoms with Gasteiger partial charge >= 0.3 is 0 Å². The molecule has 0 spiro atoms. The summed E-state index contributed by atoms with van der Waals surface area (Å²) in [6.45, 7) is 6.35. The monoisotopic (exact) mass is 319 g/mol. The molecule has 0 aromatic heterocycles. The van der Waals surface area contributed by atoms with Gasteiger partial charge in [0.1, 0.15) is 11.2 Å². The van der Waals surface area contributed by atoms with Crippen LogP contribution in [0.4, 0.5) is 0 Å². The molecule has 5 heteroatoms. The average Bonchev–Trinajstić information content (AvgIpc) is 2.84. The highest BCUT2D eigenvalue weighted by molar-refractivity contribution is 6.07. The SMILES string of the molecule is CCCCOc1cc([C@@H]2CNC(=O)[C@@]2(C)C(C)=O)ccc1OC. The van der Waals surface area contributed by atoms with Crippen molar-refractivity contribution >= 4 is 11.7 Å². The largest absolute Gasteiger partial charge is 0.493 e. The first-order valence-electron chi connectivity index (χ1n) is 8.05. The van der Waals surface area contributed by atoms with E-state index in [0.717, 1.165) is 18.4 Å². The Morgan fingerprint density at radius 1 is 1.39 bits per heavy atom. The van der Waals surface area contributed by atoms with Gasteiger partial charge in [-0.2, -0.15) is 0 Å². The van der Waals surface area contributed by atoms with Crippen molar-refractivity contribution in [2.45, 2.75) is 39.5 Å². The third-order valence-electron chi connectivity index (χ3n) is 4.71. The van der Waals surface area contributed by atoms with Crippen LogP contribution < -0.4 is 14.8 Å². The lowest BCUT2D eigenvalue weighted by Crippen LogP contribution is -2.37. The van der Waals surface area contributed by atoms with Crippen LogP contribution in [0.25, 0.3) is 0 Å². The summed E-state index contributed by atoms with van der Waals surface area (Å²) in [4.78, 5) is 24.2. The maximum absolute atomic E-state index is 12.2. The molecule has 126 valence electrons. The highest BCUT2D eigenvalue weighted by atomic mass is 16.5. The van der Waals surface area contributed by atoms with E-state index in [2.05, 4.69) is 12.2 Å². The molecule has 0 saturated carbocycles. The Hall–Kier alpha value is -2.04.